The Morgan fingerprint density at radius 1 is 1.33 bits per heavy atom. The average molecular weight is 202 g/mol. The molecular weight excluding hydrogens is 184 g/mol. The predicted octanol–water partition coefficient (Wildman–Crippen LogP) is 3.83. The van der Waals surface area contributed by atoms with Gasteiger partial charge in [-0.05, 0) is 44.4 Å². The molecule has 0 unspecified atom stereocenters. The summed E-state index contributed by atoms with van der Waals surface area (Å²) < 4.78 is 0. The van der Waals surface area contributed by atoms with Gasteiger partial charge in [0, 0.05) is 0 Å². The molecule has 0 amide bonds. The molecule has 0 fully saturated rings. The Bertz CT molecular complexity index is 403. The first-order valence-electron chi connectivity index (χ1n) is 5.25. The van der Waals surface area contributed by atoms with Gasteiger partial charge in [-0.2, -0.15) is 0 Å². The summed E-state index contributed by atoms with van der Waals surface area (Å²) in [5, 5.41) is 7.69. The minimum atomic E-state index is 0.607. The van der Waals surface area contributed by atoms with Crippen molar-refractivity contribution in [3.63, 3.8) is 0 Å². The Kier molecular flexibility index (Phi) is 3.78. The molecule has 0 aromatic heterocycles. The fourth-order valence-electron chi connectivity index (χ4n) is 1.36. The van der Waals surface area contributed by atoms with Gasteiger partial charge in [0.15, 0.2) is 0 Å². The summed E-state index contributed by atoms with van der Waals surface area (Å²) in [5.74, 6) is 0. The second-order valence-electron chi connectivity index (χ2n) is 3.75. The van der Waals surface area contributed by atoms with Crippen molar-refractivity contribution in [2.75, 3.05) is 0 Å². The molecule has 80 valence electrons. The van der Waals surface area contributed by atoms with Gasteiger partial charge in [-0.25, -0.2) is 0 Å². The van der Waals surface area contributed by atoms with Crippen LogP contribution < -0.4 is 0 Å². The minimum Gasteiger partial charge on any atom is -0.303 e. The zero-order valence-corrected chi connectivity index (χ0v) is 9.89. The molecule has 0 heterocycles. The number of rotatable bonds is 3. The summed E-state index contributed by atoms with van der Waals surface area (Å²) in [7, 11) is 0. The first-order valence-corrected chi connectivity index (χ1v) is 5.25. The van der Waals surface area contributed by atoms with E-state index in [4.69, 9.17) is 5.41 Å². The van der Waals surface area contributed by atoms with Crippen molar-refractivity contribution in [3.8, 4) is 0 Å². The zero-order chi connectivity index (χ0) is 11.4. The molecule has 0 saturated carbocycles. The highest BCUT2D eigenvalue weighted by Gasteiger charge is 2.02. The van der Waals surface area contributed by atoms with E-state index in [1.165, 1.54) is 11.1 Å². The number of benzene rings is 1. The van der Waals surface area contributed by atoms with Crippen molar-refractivity contribution in [3.05, 3.63) is 29.3 Å². The van der Waals surface area contributed by atoms with Gasteiger partial charge in [0.2, 0.25) is 0 Å². The highest BCUT2D eigenvalue weighted by Crippen LogP contribution is 2.21. The molecule has 2 nitrogen and oxygen atoms in total. The van der Waals surface area contributed by atoms with Gasteiger partial charge in [0.25, 0.3) is 0 Å². The Labute approximate surface area is 91.6 Å². The minimum absolute atomic E-state index is 0.607. The second-order valence-corrected chi connectivity index (χ2v) is 3.75. The lowest BCUT2D eigenvalue weighted by atomic mass is 10.1. The number of aryl methyl sites for hydroxylation is 1. The molecule has 1 aromatic carbocycles. The van der Waals surface area contributed by atoms with Gasteiger partial charge in [0.05, 0.1) is 17.1 Å². The molecule has 0 spiro atoms. The fraction of sp³-hybridized carbons (Fsp3) is 0.385. The van der Waals surface area contributed by atoms with Crippen molar-refractivity contribution >= 4 is 17.1 Å². The van der Waals surface area contributed by atoms with Crippen molar-refractivity contribution in [1.82, 2.24) is 0 Å². The summed E-state index contributed by atoms with van der Waals surface area (Å²) >= 11 is 0. The van der Waals surface area contributed by atoms with Gasteiger partial charge >= 0.3 is 0 Å². The van der Waals surface area contributed by atoms with Gasteiger partial charge in [-0.15, -0.1) is 0 Å². The monoisotopic (exact) mass is 202 g/mol. The van der Waals surface area contributed by atoms with Crippen LogP contribution in [0.4, 0.5) is 5.69 Å². The predicted molar refractivity (Wildman–Crippen MR) is 66.7 cm³/mol. The smallest absolute Gasteiger partial charge is 0.0665 e. The lowest BCUT2D eigenvalue weighted by molar-refractivity contribution is 1.26. The van der Waals surface area contributed by atoms with Crippen LogP contribution in [0.15, 0.2) is 23.2 Å². The lowest BCUT2D eigenvalue weighted by Crippen LogP contribution is -2.06. The van der Waals surface area contributed by atoms with E-state index >= 15 is 0 Å². The maximum atomic E-state index is 7.69. The van der Waals surface area contributed by atoms with Gasteiger partial charge in [-0.3, -0.25) is 4.99 Å². The molecule has 0 aliphatic heterocycles. The molecule has 0 aliphatic carbocycles. The van der Waals surface area contributed by atoms with E-state index in [9.17, 15) is 0 Å². The van der Waals surface area contributed by atoms with Crippen LogP contribution in [-0.4, -0.2) is 11.4 Å². The first kappa shape index (κ1) is 11.6. The van der Waals surface area contributed by atoms with E-state index in [1.807, 2.05) is 26.0 Å². The quantitative estimate of drug-likeness (QED) is 0.723. The summed E-state index contributed by atoms with van der Waals surface area (Å²) in [5.41, 5.74) is 4.83. The molecule has 0 aliphatic rings. The van der Waals surface area contributed by atoms with Crippen molar-refractivity contribution in [2.24, 2.45) is 4.99 Å². The molecule has 15 heavy (non-hydrogen) atoms. The standard InChI is InChI=1S/C13H18N2/c1-5-12(14)11(4)15-13-8-6-7-9(2)10(13)3/h6-8,14H,5H2,1-4H3. The van der Waals surface area contributed by atoms with Crippen LogP contribution >= 0.6 is 0 Å². The summed E-state index contributed by atoms with van der Waals surface area (Å²) in [6.45, 7) is 8.02. The molecule has 0 radical (unpaired) electrons. The van der Waals surface area contributed by atoms with Crippen LogP contribution in [0.5, 0.6) is 0 Å². The number of nitrogens with one attached hydrogen (secondary N) is 1. The normalized spacial score (nSPS) is 11.6. The van der Waals surface area contributed by atoms with Crippen LogP contribution in [0.2, 0.25) is 0 Å². The average Bonchev–Trinajstić information content (AvgIpc) is 2.23. The lowest BCUT2D eigenvalue weighted by Gasteiger charge is -2.05. The first-order chi connectivity index (χ1) is 7.06. The van der Waals surface area contributed by atoms with Crippen LogP contribution in [-0.2, 0) is 0 Å². The number of aliphatic imine (C=N–C) groups is 1. The van der Waals surface area contributed by atoms with E-state index in [2.05, 4.69) is 24.9 Å². The van der Waals surface area contributed by atoms with Gasteiger partial charge < -0.3 is 5.41 Å². The summed E-state index contributed by atoms with van der Waals surface area (Å²) in [4.78, 5) is 4.48. The largest absolute Gasteiger partial charge is 0.303 e. The Balaban J connectivity index is 3.08. The molecule has 0 bridgehead atoms. The summed E-state index contributed by atoms with van der Waals surface area (Å²) in [6.07, 6.45) is 0.736. The van der Waals surface area contributed by atoms with E-state index < -0.39 is 0 Å². The highest BCUT2D eigenvalue weighted by molar-refractivity contribution is 6.40. The molecule has 1 N–H and O–H groups in total. The van der Waals surface area contributed by atoms with Crippen molar-refractivity contribution in [2.45, 2.75) is 34.1 Å². The zero-order valence-electron chi connectivity index (χ0n) is 9.89. The van der Waals surface area contributed by atoms with Crippen molar-refractivity contribution in [1.29, 1.82) is 5.41 Å². The second kappa shape index (κ2) is 4.87. The van der Waals surface area contributed by atoms with Crippen LogP contribution in [0, 0.1) is 19.3 Å². The van der Waals surface area contributed by atoms with Crippen molar-refractivity contribution < 1.29 is 0 Å². The Morgan fingerprint density at radius 2 is 2.00 bits per heavy atom. The molecular formula is C13H18N2. The van der Waals surface area contributed by atoms with Crippen LogP contribution in [0.1, 0.15) is 31.4 Å². The van der Waals surface area contributed by atoms with Gasteiger partial charge in [0.1, 0.15) is 0 Å². The van der Waals surface area contributed by atoms with Gasteiger partial charge in [-0.1, -0.05) is 19.1 Å². The van der Waals surface area contributed by atoms with Crippen LogP contribution in [0.3, 0.4) is 0 Å². The van der Waals surface area contributed by atoms with E-state index in [0.29, 0.717) is 5.71 Å². The number of hydrogen-bond acceptors (Lipinski definition) is 2. The van der Waals surface area contributed by atoms with E-state index in [-0.39, 0.29) is 0 Å². The molecule has 2 heteroatoms. The van der Waals surface area contributed by atoms with E-state index in [1.54, 1.807) is 0 Å². The third kappa shape index (κ3) is 2.75. The third-order valence-corrected chi connectivity index (χ3v) is 2.65. The molecule has 1 rings (SSSR count). The number of hydrogen-bond donors (Lipinski definition) is 1. The Morgan fingerprint density at radius 3 is 2.60 bits per heavy atom. The molecule has 0 saturated heterocycles. The number of nitrogens with zero attached hydrogens (tertiary/aromatic N) is 1. The fourth-order valence-corrected chi connectivity index (χ4v) is 1.36. The van der Waals surface area contributed by atoms with Crippen LogP contribution in [0.25, 0.3) is 0 Å². The van der Waals surface area contributed by atoms with E-state index in [0.717, 1.165) is 17.8 Å². The molecule has 0 atom stereocenters. The SMILES string of the molecule is CCC(=N)C(C)=Nc1cccc(C)c1C. The highest BCUT2D eigenvalue weighted by atomic mass is 14.8. The topological polar surface area (TPSA) is 36.2 Å². The third-order valence-electron chi connectivity index (χ3n) is 2.65. The summed E-state index contributed by atoms with van der Waals surface area (Å²) in [6, 6.07) is 6.08. The maximum Gasteiger partial charge on any atom is 0.0665 e. The molecule has 1 aromatic rings. The maximum absolute atomic E-state index is 7.69. The Hall–Kier alpha value is -1.44.